The molecule has 0 aliphatic rings. The van der Waals surface area contributed by atoms with Gasteiger partial charge >= 0.3 is 0 Å². The molecule has 3 aromatic carbocycles. The first-order valence-electron chi connectivity index (χ1n) is 9.18. The third kappa shape index (κ3) is 5.42. The van der Waals surface area contributed by atoms with E-state index < -0.39 is 21.8 Å². The molecule has 0 aliphatic heterocycles. The van der Waals surface area contributed by atoms with E-state index in [0.717, 1.165) is 6.26 Å². The van der Waals surface area contributed by atoms with Crippen LogP contribution in [-0.2, 0) is 16.6 Å². The molecule has 7 nitrogen and oxygen atoms in total. The predicted molar refractivity (Wildman–Crippen MR) is 122 cm³/mol. The van der Waals surface area contributed by atoms with Crippen molar-refractivity contribution in [3.63, 3.8) is 0 Å². The number of carbonyl (C=O) groups is 2. The lowest BCUT2D eigenvalue weighted by Crippen LogP contribution is -2.29. The predicted octanol–water partition coefficient (Wildman–Crippen LogP) is 3.66. The van der Waals surface area contributed by atoms with Crippen LogP contribution in [0.25, 0.3) is 0 Å². The Hall–Kier alpha value is -3.36. The Morgan fingerprint density at radius 1 is 0.968 bits per heavy atom. The summed E-state index contributed by atoms with van der Waals surface area (Å²) in [6, 6.07) is 19.4. The Labute approximate surface area is 185 Å². The van der Waals surface area contributed by atoms with Crippen molar-refractivity contribution in [2.45, 2.75) is 6.54 Å². The number of nitrogens with two attached hydrogens (primary N) is 1. The van der Waals surface area contributed by atoms with Crippen LogP contribution in [-0.4, -0.2) is 26.5 Å². The van der Waals surface area contributed by atoms with E-state index in [1.54, 1.807) is 42.5 Å². The van der Waals surface area contributed by atoms with Gasteiger partial charge in [-0.15, -0.1) is 0 Å². The number of rotatable bonds is 7. The average Bonchev–Trinajstić information content (AvgIpc) is 2.72. The van der Waals surface area contributed by atoms with E-state index in [1.165, 1.54) is 34.6 Å². The third-order valence-electron chi connectivity index (χ3n) is 4.53. The molecule has 3 rings (SSSR count). The van der Waals surface area contributed by atoms with E-state index in [1.807, 2.05) is 0 Å². The van der Waals surface area contributed by atoms with Crippen LogP contribution < -0.4 is 15.4 Å². The molecule has 0 aromatic heterocycles. The molecular formula is C22H20ClN3O4S. The van der Waals surface area contributed by atoms with Gasteiger partial charge in [-0.3, -0.25) is 13.9 Å². The molecule has 9 heteroatoms. The van der Waals surface area contributed by atoms with Crippen LogP contribution in [0.2, 0.25) is 5.02 Å². The van der Waals surface area contributed by atoms with Crippen molar-refractivity contribution in [1.29, 1.82) is 0 Å². The summed E-state index contributed by atoms with van der Waals surface area (Å²) in [6.45, 7) is 0.0516. The van der Waals surface area contributed by atoms with Gasteiger partial charge in [-0.1, -0.05) is 41.9 Å². The van der Waals surface area contributed by atoms with Crippen molar-refractivity contribution in [3.8, 4) is 0 Å². The summed E-state index contributed by atoms with van der Waals surface area (Å²) < 4.78 is 25.9. The Bertz CT molecular complexity index is 1230. The zero-order valence-corrected chi connectivity index (χ0v) is 18.2. The maximum atomic E-state index is 12.6. The SMILES string of the molecule is CS(=O)(=O)N(Cc1ccccc1Cl)c1ccc(C(=O)Nc2ccccc2C(N)=O)cc1. The fraction of sp³-hybridized carbons (Fsp3) is 0.0909. The molecule has 2 amide bonds. The number of nitrogens with zero attached hydrogens (tertiary/aromatic N) is 1. The molecule has 0 fully saturated rings. The molecule has 0 radical (unpaired) electrons. The second-order valence-corrected chi connectivity index (χ2v) is 9.09. The van der Waals surface area contributed by atoms with Crippen LogP contribution in [0.1, 0.15) is 26.3 Å². The van der Waals surface area contributed by atoms with Crippen molar-refractivity contribution in [2.24, 2.45) is 5.73 Å². The minimum absolute atomic E-state index is 0.0516. The molecule has 0 saturated carbocycles. The minimum atomic E-state index is -3.61. The normalized spacial score (nSPS) is 11.0. The van der Waals surface area contributed by atoms with Gasteiger partial charge in [0.1, 0.15) is 0 Å². The molecule has 0 heterocycles. The first-order chi connectivity index (χ1) is 14.7. The summed E-state index contributed by atoms with van der Waals surface area (Å²) in [5.41, 5.74) is 7.14. The quantitative estimate of drug-likeness (QED) is 0.564. The highest BCUT2D eigenvalue weighted by Crippen LogP contribution is 2.25. The molecule has 0 unspecified atom stereocenters. The largest absolute Gasteiger partial charge is 0.366 e. The van der Waals surface area contributed by atoms with Crippen molar-refractivity contribution >= 4 is 44.8 Å². The first-order valence-corrected chi connectivity index (χ1v) is 11.4. The number of anilines is 2. The second-order valence-electron chi connectivity index (χ2n) is 6.77. The summed E-state index contributed by atoms with van der Waals surface area (Å²) in [5.74, 6) is -1.12. The molecule has 0 atom stereocenters. The van der Waals surface area contributed by atoms with E-state index in [9.17, 15) is 18.0 Å². The zero-order chi connectivity index (χ0) is 22.6. The van der Waals surface area contributed by atoms with E-state index >= 15 is 0 Å². The van der Waals surface area contributed by atoms with Crippen molar-refractivity contribution in [1.82, 2.24) is 0 Å². The van der Waals surface area contributed by atoms with Gasteiger partial charge in [-0.05, 0) is 48.0 Å². The number of nitrogens with one attached hydrogen (secondary N) is 1. The molecule has 160 valence electrons. The molecule has 0 aliphatic carbocycles. The number of para-hydroxylation sites is 1. The Morgan fingerprint density at radius 3 is 2.19 bits per heavy atom. The molecule has 0 saturated heterocycles. The summed E-state index contributed by atoms with van der Waals surface area (Å²) in [6.07, 6.45) is 1.10. The average molecular weight is 458 g/mol. The van der Waals surface area contributed by atoms with Crippen LogP contribution in [0, 0.1) is 0 Å². The van der Waals surface area contributed by atoms with E-state index in [0.29, 0.717) is 22.0 Å². The Balaban J connectivity index is 1.84. The molecular weight excluding hydrogens is 438 g/mol. The van der Waals surface area contributed by atoms with Gasteiger partial charge in [0.25, 0.3) is 11.8 Å². The summed E-state index contributed by atoms with van der Waals surface area (Å²) in [4.78, 5) is 24.1. The number of hydrogen-bond donors (Lipinski definition) is 2. The monoisotopic (exact) mass is 457 g/mol. The van der Waals surface area contributed by atoms with Crippen LogP contribution in [0.4, 0.5) is 11.4 Å². The zero-order valence-electron chi connectivity index (χ0n) is 16.6. The molecule has 31 heavy (non-hydrogen) atoms. The van der Waals surface area contributed by atoms with Crippen LogP contribution >= 0.6 is 11.6 Å². The van der Waals surface area contributed by atoms with Gasteiger partial charge in [0, 0.05) is 10.6 Å². The van der Waals surface area contributed by atoms with Gasteiger partial charge in [0.2, 0.25) is 10.0 Å². The molecule has 0 bridgehead atoms. The van der Waals surface area contributed by atoms with Crippen LogP contribution in [0.5, 0.6) is 0 Å². The van der Waals surface area contributed by atoms with E-state index in [4.69, 9.17) is 17.3 Å². The summed E-state index contributed by atoms with van der Waals surface area (Å²) in [7, 11) is -3.61. The van der Waals surface area contributed by atoms with Gasteiger partial charge in [0.05, 0.1) is 29.7 Å². The Kier molecular flexibility index (Phi) is 6.62. The van der Waals surface area contributed by atoms with E-state index in [2.05, 4.69) is 5.32 Å². The molecule has 0 spiro atoms. The van der Waals surface area contributed by atoms with Crippen molar-refractivity contribution in [2.75, 3.05) is 15.9 Å². The standard InChI is InChI=1S/C22H20ClN3O4S/c1-31(29,30)26(14-16-6-2-4-8-19(16)23)17-12-10-15(11-13-17)22(28)25-20-9-5-3-7-18(20)21(24)27/h2-13H,14H2,1H3,(H2,24,27)(H,25,28). The Morgan fingerprint density at radius 2 is 1.58 bits per heavy atom. The number of primary amides is 1. The van der Waals surface area contributed by atoms with Crippen molar-refractivity contribution in [3.05, 3.63) is 94.5 Å². The number of hydrogen-bond acceptors (Lipinski definition) is 4. The lowest BCUT2D eigenvalue weighted by molar-refractivity contribution is 0.100. The second kappa shape index (κ2) is 9.20. The number of benzene rings is 3. The maximum Gasteiger partial charge on any atom is 0.255 e. The summed E-state index contributed by atoms with van der Waals surface area (Å²) >= 11 is 6.18. The highest BCUT2D eigenvalue weighted by molar-refractivity contribution is 7.92. The molecule has 3 N–H and O–H groups in total. The van der Waals surface area contributed by atoms with E-state index in [-0.39, 0.29) is 17.7 Å². The number of carbonyl (C=O) groups excluding carboxylic acids is 2. The highest BCUT2D eigenvalue weighted by Gasteiger charge is 2.20. The lowest BCUT2D eigenvalue weighted by atomic mass is 10.1. The van der Waals surface area contributed by atoms with Crippen molar-refractivity contribution < 1.29 is 18.0 Å². The maximum absolute atomic E-state index is 12.6. The fourth-order valence-corrected chi connectivity index (χ4v) is 4.04. The van der Waals surface area contributed by atoms with Crippen LogP contribution in [0.3, 0.4) is 0 Å². The topological polar surface area (TPSA) is 110 Å². The van der Waals surface area contributed by atoms with Gasteiger partial charge in [-0.2, -0.15) is 0 Å². The fourth-order valence-electron chi connectivity index (χ4n) is 2.96. The summed E-state index contributed by atoms with van der Waals surface area (Å²) in [5, 5.41) is 3.10. The van der Waals surface area contributed by atoms with Crippen LogP contribution in [0.15, 0.2) is 72.8 Å². The lowest BCUT2D eigenvalue weighted by Gasteiger charge is -2.23. The number of halogens is 1. The smallest absolute Gasteiger partial charge is 0.255 e. The van der Waals surface area contributed by atoms with Gasteiger partial charge < -0.3 is 11.1 Å². The van der Waals surface area contributed by atoms with Gasteiger partial charge in [-0.25, -0.2) is 8.42 Å². The minimum Gasteiger partial charge on any atom is -0.366 e. The number of amides is 2. The molecule has 3 aromatic rings. The van der Waals surface area contributed by atoms with Gasteiger partial charge in [0.15, 0.2) is 0 Å². The number of sulfonamides is 1. The first kappa shape index (κ1) is 22.3. The third-order valence-corrected chi connectivity index (χ3v) is 6.04. The highest BCUT2D eigenvalue weighted by atomic mass is 35.5.